The number of ketones is 1. The highest BCUT2D eigenvalue weighted by Gasteiger charge is 2.23. The molecular weight excluding hydrogens is 224 g/mol. The van der Waals surface area contributed by atoms with E-state index in [2.05, 4.69) is 9.97 Å². The Balaban J connectivity index is 1.84. The van der Waals surface area contributed by atoms with Gasteiger partial charge in [-0.25, -0.2) is 9.97 Å². The molecule has 0 N–H and O–H groups in total. The second-order valence-electron chi connectivity index (χ2n) is 3.80. The summed E-state index contributed by atoms with van der Waals surface area (Å²) in [6, 6.07) is 1.84. The summed E-state index contributed by atoms with van der Waals surface area (Å²) in [5, 5.41) is 0.673. The monoisotopic (exact) mass is 238 g/mol. The van der Waals surface area contributed by atoms with Gasteiger partial charge in [0, 0.05) is 24.4 Å². The molecule has 0 radical (unpaired) electrons. The van der Waals surface area contributed by atoms with Gasteiger partial charge in [0.1, 0.15) is 5.78 Å². The number of aryl methyl sites for hydroxylation is 1. The zero-order chi connectivity index (χ0) is 11.4. The van der Waals surface area contributed by atoms with Crippen molar-refractivity contribution in [3.05, 3.63) is 18.0 Å². The van der Waals surface area contributed by atoms with Crippen LogP contribution in [0.1, 0.15) is 12.1 Å². The maximum Gasteiger partial charge on any atom is 0.188 e. The summed E-state index contributed by atoms with van der Waals surface area (Å²) in [7, 11) is 0. The molecule has 1 aliphatic rings. The van der Waals surface area contributed by atoms with Gasteiger partial charge in [0.05, 0.1) is 12.4 Å². The normalized spacial score (nSPS) is 19.9. The lowest BCUT2D eigenvalue weighted by Crippen LogP contribution is -2.16. The van der Waals surface area contributed by atoms with E-state index in [4.69, 9.17) is 4.74 Å². The summed E-state index contributed by atoms with van der Waals surface area (Å²) in [5.41, 5.74) is 0.925. The third kappa shape index (κ3) is 3.02. The van der Waals surface area contributed by atoms with Gasteiger partial charge < -0.3 is 4.74 Å². The third-order valence-corrected chi connectivity index (χ3v) is 3.39. The Morgan fingerprint density at radius 1 is 1.69 bits per heavy atom. The standard InChI is InChI=1S/C11H14N2O2S/c1-8-2-4-12-11(13-8)16-7-10(14)9-3-5-15-6-9/h2,4,9H,3,5-7H2,1H3. The van der Waals surface area contributed by atoms with E-state index in [1.807, 2.05) is 13.0 Å². The number of carbonyl (C=O) groups excluding carboxylic acids is 1. The number of rotatable bonds is 4. The van der Waals surface area contributed by atoms with E-state index in [0.717, 1.165) is 12.1 Å². The zero-order valence-corrected chi connectivity index (χ0v) is 10.00. The van der Waals surface area contributed by atoms with Gasteiger partial charge in [-0.05, 0) is 19.4 Å². The summed E-state index contributed by atoms with van der Waals surface area (Å²) in [6.07, 6.45) is 2.57. The quantitative estimate of drug-likeness (QED) is 0.587. The van der Waals surface area contributed by atoms with Crippen molar-refractivity contribution in [3.63, 3.8) is 0 Å². The van der Waals surface area contributed by atoms with Crippen LogP contribution in [0.3, 0.4) is 0 Å². The lowest BCUT2D eigenvalue weighted by molar-refractivity contribution is -0.120. The van der Waals surface area contributed by atoms with Crippen molar-refractivity contribution in [2.45, 2.75) is 18.5 Å². The van der Waals surface area contributed by atoms with Gasteiger partial charge in [-0.3, -0.25) is 4.79 Å². The van der Waals surface area contributed by atoms with E-state index in [1.165, 1.54) is 11.8 Å². The molecule has 2 rings (SSSR count). The molecular formula is C11H14N2O2S. The van der Waals surface area contributed by atoms with Gasteiger partial charge in [-0.1, -0.05) is 11.8 Å². The maximum atomic E-state index is 11.7. The molecule has 0 spiro atoms. The summed E-state index contributed by atoms with van der Waals surface area (Å²) in [6.45, 7) is 3.20. The molecule has 16 heavy (non-hydrogen) atoms. The van der Waals surface area contributed by atoms with Crippen LogP contribution in [0.15, 0.2) is 17.4 Å². The lowest BCUT2D eigenvalue weighted by atomic mass is 10.1. The van der Waals surface area contributed by atoms with Crippen LogP contribution in [0.25, 0.3) is 0 Å². The zero-order valence-electron chi connectivity index (χ0n) is 9.18. The van der Waals surface area contributed by atoms with Crippen molar-refractivity contribution >= 4 is 17.5 Å². The van der Waals surface area contributed by atoms with E-state index in [1.54, 1.807) is 6.20 Å². The number of thioether (sulfide) groups is 1. The number of hydrogen-bond acceptors (Lipinski definition) is 5. The molecule has 0 amide bonds. The first kappa shape index (κ1) is 11.5. The fraction of sp³-hybridized carbons (Fsp3) is 0.545. The van der Waals surface area contributed by atoms with Crippen LogP contribution in [0.5, 0.6) is 0 Å². The maximum absolute atomic E-state index is 11.7. The molecule has 1 unspecified atom stereocenters. The number of aromatic nitrogens is 2. The number of hydrogen-bond donors (Lipinski definition) is 0. The molecule has 1 aliphatic heterocycles. The SMILES string of the molecule is Cc1ccnc(SCC(=O)C2CCOC2)n1. The molecule has 2 heterocycles. The first-order valence-corrected chi connectivity index (χ1v) is 6.27. The average molecular weight is 238 g/mol. The van der Waals surface area contributed by atoms with Crippen LogP contribution in [-0.2, 0) is 9.53 Å². The van der Waals surface area contributed by atoms with E-state index >= 15 is 0 Å². The molecule has 4 nitrogen and oxygen atoms in total. The highest BCUT2D eigenvalue weighted by molar-refractivity contribution is 7.99. The molecule has 0 aliphatic carbocycles. The molecule has 0 aromatic carbocycles. The van der Waals surface area contributed by atoms with Crippen LogP contribution in [0, 0.1) is 12.8 Å². The Hall–Kier alpha value is -0.940. The van der Waals surface area contributed by atoms with Gasteiger partial charge in [-0.15, -0.1) is 0 Å². The van der Waals surface area contributed by atoms with Crippen molar-refractivity contribution in [2.75, 3.05) is 19.0 Å². The summed E-state index contributed by atoms with van der Waals surface area (Å²) < 4.78 is 5.19. The Kier molecular flexibility index (Phi) is 3.90. The molecule has 1 saturated heterocycles. The van der Waals surface area contributed by atoms with Crippen molar-refractivity contribution in [3.8, 4) is 0 Å². The van der Waals surface area contributed by atoms with E-state index in [-0.39, 0.29) is 11.7 Å². The molecule has 1 atom stereocenters. The first-order chi connectivity index (χ1) is 7.75. The fourth-order valence-corrected chi connectivity index (χ4v) is 2.39. The second-order valence-corrected chi connectivity index (χ2v) is 4.74. The number of Topliss-reactive ketones (excluding diaryl/α,β-unsaturated/α-hetero) is 1. The molecule has 5 heteroatoms. The molecule has 1 aromatic heterocycles. The summed E-state index contributed by atoms with van der Waals surface area (Å²) in [4.78, 5) is 20.1. The largest absolute Gasteiger partial charge is 0.381 e. The molecule has 1 fully saturated rings. The van der Waals surface area contributed by atoms with Gasteiger partial charge in [-0.2, -0.15) is 0 Å². The van der Waals surface area contributed by atoms with Gasteiger partial charge in [0.2, 0.25) is 0 Å². The summed E-state index contributed by atoms with van der Waals surface area (Å²) >= 11 is 1.40. The Labute approximate surface area is 98.8 Å². The Morgan fingerprint density at radius 3 is 3.25 bits per heavy atom. The van der Waals surface area contributed by atoms with E-state index < -0.39 is 0 Å². The van der Waals surface area contributed by atoms with Crippen LogP contribution in [0.4, 0.5) is 0 Å². The van der Waals surface area contributed by atoms with Gasteiger partial charge >= 0.3 is 0 Å². The summed E-state index contributed by atoms with van der Waals surface area (Å²) in [5.74, 6) is 0.766. The predicted octanol–water partition coefficient (Wildman–Crippen LogP) is 1.48. The Morgan fingerprint density at radius 2 is 2.56 bits per heavy atom. The highest BCUT2D eigenvalue weighted by Crippen LogP contribution is 2.19. The second kappa shape index (κ2) is 5.41. The highest BCUT2D eigenvalue weighted by atomic mass is 32.2. The number of carbonyl (C=O) groups is 1. The van der Waals surface area contributed by atoms with E-state index in [9.17, 15) is 4.79 Å². The molecule has 1 aromatic rings. The average Bonchev–Trinajstić information content (AvgIpc) is 2.79. The minimum absolute atomic E-state index is 0.0808. The number of ether oxygens (including phenoxy) is 1. The molecule has 86 valence electrons. The minimum Gasteiger partial charge on any atom is -0.381 e. The third-order valence-electron chi connectivity index (χ3n) is 2.50. The number of nitrogens with zero attached hydrogens (tertiary/aromatic N) is 2. The van der Waals surface area contributed by atoms with Gasteiger partial charge in [0.15, 0.2) is 5.16 Å². The lowest BCUT2D eigenvalue weighted by Gasteiger charge is -2.05. The van der Waals surface area contributed by atoms with Crippen molar-refractivity contribution in [2.24, 2.45) is 5.92 Å². The van der Waals surface area contributed by atoms with Crippen LogP contribution >= 0.6 is 11.8 Å². The van der Waals surface area contributed by atoms with Crippen molar-refractivity contribution in [1.29, 1.82) is 0 Å². The fourth-order valence-electron chi connectivity index (χ4n) is 1.54. The van der Waals surface area contributed by atoms with E-state index in [0.29, 0.717) is 24.1 Å². The minimum atomic E-state index is 0.0808. The van der Waals surface area contributed by atoms with Crippen molar-refractivity contribution < 1.29 is 9.53 Å². The first-order valence-electron chi connectivity index (χ1n) is 5.28. The predicted molar refractivity (Wildman–Crippen MR) is 61.4 cm³/mol. The van der Waals surface area contributed by atoms with Crippen LogP contribution < -0.4 is 0 Å². The van der Waals surface area contributed by atoms with Crippen LogP contribution in [0.2, 0.25) is 0 Å². The Bertz CT molecular complexity index is 378. The molecule has 0 bridgehead atoms. The topological polar surface area (TPSA) is 52.1 Å². The van der Waals surface area contributed by atoms with Crippen LogP contribution in [-0.4, -0.2) is 34.7 Å². The molecule has 0 saturated carbocycles. The smallest absolute Gasteiger partial charge is 0.188 e. The van der Waals surface area contributed by atoms with Gasteiger partial charge in [0.25, 0.3) is 0 Å². The van der Waals surface area contributed by atoms with Crippen molar-refractivity contribution in [1.82, 2.24) is 9.97 Å².